The van der Waals surface area contributed by atoms with Gasteiger partial charge in [-0.05, 0) is 12.0 Å². The van der Waals surface area contributed by atoms with E-state index in [2.05, 4.69) is 5.32 Å². The maximum Gasteiger partial charge on any atom is 0.252 e. The minimum absolute atomic E-state index is 0.00203. The van der Waals surface area contributed by atoms with Crippen LogP contribution in [0.2, 0.25) is 0 Å². The number of carbonyl (C=O) groups excluding carboxylic acids is 1. The van der Waals surface area contributed by atoms with Crippen molar-refractivity contribution in [2.24, 2.45) is 11.1 Å². The molecule has 0 bridgehead atoms. The third-order valence-electron chi connectivity index (χ3n) is 1.79. The summed E-state index contributed by atoms with van der Waals surface area (Å²) in [6, 6.07) is 1.29. The minimum Gasteiger partial charge on any atom is -0.352 e. The largest absolute Gasteiger partial charge is 0.352 e. The smallest absolute Gasteiger partial charge is 0.252 e. The van der Waals surface area contributed by atoms with E-state index in [4.69, 9.17) is 5.14 Å². The summed E-state index contributed by atoms with van der Waals surface area (Å²) in [5.41, 5.74) is 0.328. The normalized spacial score (nSPS) is 11.8. The molecule has 0 aliphatic rings. The molecule has 0 saturated carbocycles. The van der Waals surface area contributed by atoms with Crippen LogP contribution in [-0.2, 0) is 10.0 Å². The summed E-state index contributed by atoms with van der Waals surface area (Å²) in [4.78, 5) is 11.5. The average molecular weight is 262 g/mol. The van der Waals surface area contributed by atoms with E-state index in [-0.39, 0.29) is 10.1 Å². The van der Waals surface area contributed by atoms with Gasteiger partial charge in [-0.2, -0.15) is 0 Å². The molecule has 1 aromatic rings. The molecule has 0 aliphatic carbocycles. The Morgan fingerprint density at radius 1 is 1.56 bits per heavy atom. The second-order valence-corrected chi connectivity index (χ2v) is 6.50. The highest BCUT2D eigenvalue weighted by Crippen LogP contribution is 2.18. The van der Waals surface area contributed by atoms with E-state index in [0.717, 1.165) is 11.3 Å². The van der Waals surface area contributed by atoms with Gasteiger partial charge >= 0.3 is 0 Å². The first-order valence-corrected chi connectivity index (χ1v) is 7.13. The van der Waals surface area contributed by atoms with Crippen LogP contribution in [0, 0.1) is 5.92 Å². The maximum absolute atomic E-state index is 11.5. The van der Waals surface area contributed by atoms with Gasteiger partial charge in [0.05, 0.1) is 5.56 Å². The number of nitrogens with one attached hydrogen (secondary N) is 1. The fourth-order valence-electron chi connectivity index (χ4n) is 0.984. The predicted molar refractivity (Wildman–Crippen MR) is 62.9 cm³/mol. The third-order valence-corrected chi connectivity index (χ3v) is 4.18. The van der Waals surface area contributed by atoms with E-state index in [0.29, 0.717) is 18.0 Å². The molecular formula is C9H14N2O3S2. The number of hydrogen-bond donors (Lipinski definition) is 2. The Bertz CT molecular complexity index is 477. The van der Waals surface area contributed by atoms with Crippen molar-refractivity contribution in [3.8, 4) is 0 Å². The van der Waals surface area contributed by atoms with Crippen molar-refractivity contribution in [1.29, 1.82) is 0 Å². The van der Waals surface area contributed by atoms with Crippen molar-refractivity contribution in [2.75, 3.05) is 6.54 Å². The Labute approximate surface area is 98.7 Å². The molecule has 1 rings (SSSR count). The van der Waals surface area contributed by atoms with Crippen LogP contribution in [0.1, 0.15) is 24.2 Å². The Kier molecular flexibility index (Phi) is 4.06. The SMILES string of the molecule is CC(C)CNC(=O)c1csc(S(N)(=O)=O)c1. The topological polar surface area (TPSA) is 89.3 Å². The van der Waals surface area contributed by atoms with Crippen LogP contribution in [0.5, 0.6) is 0 Å². The highest BCUT2D eigenvalue weighted by Gasteiger charge is 2.14. The van der Waals surface area contributed by atoms with E-state index >= 15 is 0 Å². The van der Waals surface area contributed by atoms with Gasteiger partial charge in [-0.3, -0.25) is 4.79 Å². The zero-order valence-corrected chi connectivity index (χ0v) is 10.7. The van der Waals surface area contributed by atoms with Gasteiger partial charge in [0.2, 0.25) is 10.0 Å². The van der Waals surface area contributed by atoms with E-state index in [1.165, 1.54) is 11.4 Å². The molecule has 0 saturated heterocycles. The zero-order chi connectivity index (χ0) is 12.3. The van der Waals surface area contributed by atoms with Crippen LogP contribution < -0.4 is 10.5 Å². The highest BCUT2D eigenvalue weighted by atomic mass is 32.2. The predicted octanol–water partition coefficient (Wildman–Crippen LogP) is 0.781. The molecule has 0 spiro atoms. The summed E-state index contributed by atoms with van der Waals surface area (Å²) in [6.45, 7) is 4.51. The zero-order valence-electron chi connectivity index (χ0n) is 9.06. The second kappa shape index (κ2) is 4.94. The van der Waals surface area contributed by atoms with Crippen LogP contribution in [0.4, 0.5) is 0 Å². The van der Waals surface area contributed by atoms with Crippen LogP contribution in [-0.4, -0.2) is 20.9 Å². The van der Waals surface area contributed by atoms with Crippen molar-refractivity contribution >= 4 is 27.3 Å². The molecule has 0 unspecified atom stereocenters. The second-order valence-electron chi connectivity index (χ2n) is 3.80. The number of sulfonamides is 1. The first kappa shape index (κ1) is 13.1. The molecule has 0 radical (unpaired) electrons. The molecule has 0 atom stereocenters. The van der Waals surface area contributed by atoms with Gasteiger partial charge in [0.15, 0.2) is 0 Å². The van der Waals surface area contributed by atoms with Crippen molar-refractivity contribution in [1.82, 2.24) is 5.32 Å². The molecule has 7 heteroatoms. The van der Waals surface area contributed by atoms with Crippen molar-refractivity contribution in [3.05, 3.63) is 17.0 Å². The number of rotatable bonds is 4. The minimum atomic E-state index is -3.71. The summed E-state index contributed by atoms with van der Waals surface area (Å²) in [7, 11) is -3.71. The number of carbonyl (C=O) groups is 1. The fraction of sp³-hybridized carbons (Fsp3) is 0.444. The molecule has 0 fully saturated rings. The standard InChI is InChI=1S/C9H14N2O3S2/c1-6(2)4-11-9(12)7-3-8(15-5-7)16(10,13)14/h3,5-6H,4H2,1-2H3,(H,11,12)(H2,10,13,14). The first-order valence-electron chi connectivity index (χ1n) is 4.70. The van der Waals surface area contributed by atoms with E-state index in [9.17, 15) is 13.2 Å². The van der Waals surface area contributed by atoms with E-state index in [1.54, 1.807) is 0 Å². The molecule has 1 aromatic heterocycles. The summed E-state index contributed by atoms with van der Waals surface area (Å²) in [6.07, 6.45) is 0. The molecule has 1 heterocycles. The Hall–Kier alpha value is -0.920. The van der Waals surface area contributed by atoms with Gasteiger partial charge < -0.3 is 5.32 Å². The molecular weight excluding hydrogens is 248 g/mol. The van der Waals surface area contributed by atoms with Crippen LogP contribution in [0.3, 0.4) is 0 Å². The Morgan fingerprint density at radius 3 is 2.62 bits per heavy atom. The van der Waals surface area contributed by atoms with Crippen molar-refractivity contribution < 1.29 is 13.2 Å². The molecule has 0 aliphatic heterocycles. The molecule has 16 heavy (non-hydrogen) atoms. The Balaban J connectivity index is 2.75. The van der Waals surface area contributed by atoms with Crippen LogP contribution in [0.15, 0.2) is 15.7 Å². The van der Waals surface area contributed by atoms with Crippen LogP contribution in [0.25, 0.3) is 0 Å². The van der Waals surface area contributed by atoms with Gasteiger partial charge in [-0.1, -0.05) is 13.8 Å². The average Bonchev–Trinajstić information content (AvgIpc) is 2.61. The molecule has 1 amide bonds. The van der Waals surface area contributed by atoms with Gasteiger partial charge in [0, 0.05) is 11.9 Å². The monoisotopic (exact) mass is 262 g/mol. The van der Waals surface area contributed by atoms with Gasteiger partial charge in [-0.15, -0.1) is 11.3 Å². The number of nitrogens with two attached hydrogens (primary N) is 1. The lowest BCUT2D eigenvalue weighted by Crippen LogP contribution is -2.26. The third kappa shape index (κ3) is 3.58. The van der Waals surface area contributed by atoms with E-state index < -0.39 is 10.0 Å². The molecule has 90 valence electrons. The van der Waals surface area contributed by atoms with Crippen molar-refractivity contribution in [2.45, 2.75) is 18.1 Å². The number of thiophene rings is 1. The van der Waals surface area contributed by atoms with Gasteiger partial charge in [0.25, 0.3) is 5.91 Å². The quantitative estimate of drug-likeness (QED) is 0.840. The molecule has 0 aromatic carbocycles. The summed E-state index contributed by atoms with van der Waals surface area (Å²) in [5.74, 6) is 0.0696. The number of hydrogen-bond acceptors (Lipinski definition) is 4. The number of primary sulfonamides is 1. The number of amides is 1. The maximum atomic E-state index is 11.5. The lowest BCUT2D eigenvalue weighted by Gasteiger charge is -2.05. The summed E-state index contributed by atoms with van der Waals surface area (Å²) < 4.78 is 22.0. The lowest BCUT2D eigenvalue weighted by molar-refractivity contribution is 0.0949. The first-order chi connectivity index (χ1) is 7.30. The van der Waals surface area contributed by atoms with E-state index in [1.807, 2.05) is 13.8 Å². The lowest BCUT2D eigenvalue weighted by atomic mass is 10.2. The van der Waals surface area contributed by atoms with Crippen molar-refractivity contribution in [3.63, 3.8) is 0 Å². The fourth-order valence-corrected chi connectivity index (χ4v) is 2.57. The highest BCUT2D eigenvalue weighted by molar-refractivity contribution is 7.91. The van der Waals surface area contributed by atoms with Gasteiger partial charge in [0.1, 0.15) is 4.21 Å². The molecule has 5 nitrogen and oxygen atoms in total. The van der Waals surface area contributed by atoms with Crippen LogP contribution >= 0.6 is 11.3 Å². The molecule has 3 N–H and O–H groups in total. The summed E-state index contributed by atoms with van der Waals surface area (Å²) >= 11 is 0.945. The Morgan fingerprint density at radius 2 is 2.19 bits per heavy atom. The summed E-state index contributed by atoms with van der Waals surface area (Å²) in [5, 5.41) is 9.12. The van der Waals surface area contributed by atoms with Gasteiger partial charge in [-0.25, -0.2) is 13.6 Å².